The van der Waals surface area contributed by atoms with Crippen LogP contribution in [-0.2, 0) is 6.42 Å². The Balaban J connectivity index is 2.52. The van der Waals surface area contributed by atoms with E-state index in [4.69, 9.17) is 0 Å². The molecule has 11 heavy (non-hydrogen) atoms. The van der Waals surface area contributed by atoms with Gasteiger partial charge in [0.15, 0.2) is 0 Å². The summed E-state index contributed by atoms with van der Waals surface area (Å²) in [5.74, 6) is 0. The number of hydrogen-bond acceptors (Lipinski definition) is 0. The fourth-order valence-electron chi connectivity index (χ4n) is 1.60. The average molecular weight is 144 g/mol. The lowest BCUT2D eigenvalue weighted by molar-refractivity contribution is 0.840. The Kier molecular flexibility index (Phi) is 1.50. The average Bonchev–Trinajstić information content (AvgIpc) is 2.06. The summed E-state index contributed by atoms with van der Waals surface area (Å²) < 4.78 is 0. The normalized spacial score (nSPS) is 16.2. The molecule has 0 fully saturated rings. The number of fused-ring (bicyclic) bond motifs is 1. The van der Waals surface area contributed by atoms with Gasteiger partial charge in [-0.15, -0.1) is 0 Å². The Bertz CT molecular complexity index is 289. The van der Waals surface area contributed by atoms with E-state index >= 15 is 0 Å². The lowest BCUT2D eigenvalue weighted by Gasteiger charge is -2.14. The van der Waals surface area contributed by atoms with E-state index in [1.54, 1.807) is 0 Å². The quantitative estimate of drug-likeness (QED) is 0.528. The van der Waals surface area contributed by atoms with Crippen LogP contribution in [0.3, 0.4) is 0 Å². The monoisotopic (exact) mass is 144 g/mol. The first-order chi connectivity index (χ1) is 5.38. The first kappa shape index (κ1) is 6.59. The minimum atomic E-state index is 0.562. The van der Waals surface area contributed by atoms with Crippen LogP contribution < -0.4 is 5.41 Å². The second kappa shape index (κ2) is 2.50. The van der Waals surface area contributed by atoms with Crippen LogP contribution in [-0.4, -0.2) is 5.71 Å². The highest BCUT2D eigenvalue weighted by atomic mass is 14.4. The molecule has 1 aromatic rings. The van der Waals surface area contributed by atoms with Gasteiger partial charge in [0.05, 0.1) is 5.71 Å². The van der Waals surface area contributed by atoms with Crippen molar-refractivity contribution in [3.05, 3.63) is 35.4 Å². The maximum Gasteiger partial charge on any atom is 0.0705 e. The molecule has 55 valence electrons. The van der Waals surface area contributed by atoms with Gasteiger partial charge in [-0.2, -0.15) is 5.41 Å². The molecular weight excluding hydrogens is 134 g/mol. The van der Waals surface area contributed by atoms with Crippen molar-refractivity contribution in [3.8, 4) is 0 Å². The lowest BCUT2D eigenvalue weighted by atomic mass is 9.90. The smallest absolute Gasteiger partial charge is 0.0705 e. The van der Waals surface area contributed by atoms with Crippen molar-refractivity contribution in [2.24, 2.45) is 0 Å². The zero-order valence-corrected chi connectivity index (χ0v) is 6.38. The van der Waals surface area contributed by atoms with Gasteiger partial charge in [-0.3, -0.25) is 0 Å². The molecule has 0 amide bonds. The van der Waals surface area contributed by atoms with Crippen LogP contribution in [0.2, 0.25) is 0 Å². The molecule has 0 saturated heterocycles. The van der Waals surface area contributed by atoms with Crippen molar-refractivity contribution >= 4 is 5.71 Å². The molecule has 0 bridgehead atoms. The fourth-order valence-corrected chi connectivity index (χ4v) is 1.60. The predicted octanol–water partition coefficient (Wildman–Crippen LogP) is 1.61. The third-order valence-corrected chi connectivity index (χ3v) is 2.19. The molecule has 1 radical (unpaired) electrons. The molecule has 1 aliphatic carbocycles. The number of hydrogen-bond donors (Lipinski definition) is 0. The summed E-state index contributed by atoms with van der Waals surface area (Å²) >= 11 is 0. The standard InChI is InChI=1S/C10H10N/c11-10-7-3-5-8-4-1-2-6-9(8)10/h1-2,4,6H,3,5,7H2. The van der Waals surface area contributed by atoms with E-state index in [1.165, 1.54) is 5.56 Å². The van der Waals surface area contributed by atoms with Crippen LogP contribution in [0.25, 0.3) is 0 Å². The number of benzene rings is 1. The van der Waals surface area contributed by atoms with E-state index in [0.29, 0.717) is 5.71 Å². The molecule has 1 aromatic carbocycles. The van der Waals surface area contributed by atoms with Gasteiger partial charge in [0, 0.05) is 5.56 Å². The maximum absolute atomic E-state index is 9.48. The minimum Gasteiger partial charge on any atom is -0.155 e. The van der Waals surface area contributed by atoms with Gasteiger partial charge in [-0.1, -0.05) is 24.3 Å². The zero-order valence-electron chi connectivity index (χ0n) is 6.38. The third-order valence-electron chi connectivity index (χ3n) is 2.19. The molecule has 0 saturated carbocycles. The molecule has 1 heteroatoms. The maximum atomic E-state index is 9.48. The van der Waals surface area contributed by atoms with Crippen LogP contribution in [0, 0.1) is 0 Å². The van der Waals surface area contributed by atoms with Gasteiger partial charge in [0.1, 0.15) is 0 Å². The summed E-state index contributed by atoms with van der Waals surface area (Å²) in [5, 5.41) is 9.48. The Morgan fingerprint density at radius 1 is 1.09 bits per heavy atom. The van der Waals surface area contributed by atoms with Crippen molar-refractivity contribution < 1.29 is 0 Å². The van der Waals surface area contributed by atoms with Crippen molar-refractivity contribution in [3.63, 3.8) is 0 Å². The summed E-state index contributed by atoms with van der Waals surface area (Å²) in [6.45, 7) is 0. The number of nitrogens with zero attached hydrogens (tertiary/aromatic N) is 1. The van der Waals surface area contributed by atoms with Crippen molar-refractivity contribution in [2.75, 3.05) is 0 Å². The Morgan fingerprint density at radius 3 is 2.73 bits per heavy atom. The molecule has 0 atom stereocenters. The lowest BCUT2D eigenvalue weighted by Crippen LogP contribution is -2.11. The van der Waals surface area contributed by atoms with Crippen LogP contribution in [0.5, 0.6) is 0 Å². The predicted molar refractivity (Wildman–Crippen MR) is 45.6 cm³/mol. The van der Waals surface area contributed by atoms with E-state index in [9.17, 15) is 5.41 Å². The van der Waals surface area contributed by atoms with Gasteiger partial charge in [-0.05, 0) is 24.8 Å². The fraction of sp³-hybridized carbons (Fsp3) is 0.300. The largest absolute Gasteiger partial charge is 0.155 e. The van der Waals surface area contributed by atoms with Gasteiger partial charge >= 0.3 is 0 Å². The van der Waals surface area contributed by atoms with E-state index in [1.807, 2.05) is 18.2 Å². The Hall–Kier alpha value is -1.11. The molecular formula is C10H10N. The first-order valence-electron chi connectivity index (χ1n) is 4.01. The van der Waals surface area contributed by atoms with Crippen LogP contribution in [0.15, 0.2) is 24.3 Å². The third kappa shape index (κ3) is 1.07. The highest BCUT2D eigenvalue weighted by molar-refractivity contribution is 6.01. The van der Waals surface area contributed by atoms with Crippen LogP contribution >= 0.6 is 0 Å². The number of aryl methyl sites for hydroxylation is 1. The Morgan fingerprint density at radius 2 is 1.91 bits per heavy atom. The van der Waals surface area contributed by atoms with E-state index in [-0.39, 0.29) is 0 Å². The summed E-state index contributed by atoms with van der Waals surface area (Å²) in [7, 11) is 0. The topological polar surface area (TPSA) is 22.3 Å². The summed E-state index contributed by atoms with van der Waals surface area (Å²) in [6.07, 6.45) is 3.04. The van der Waals surface area contributed by atoms with Crippen molar-refractivity contribution in [1.82, 2.24) is 5.41 Å². The minimum absolute atomic E-state index is 0.562. The SMILES string of the molecule is [N]=C1CCCc2ccccc21. The molecule has 0 heterocycles. The van der Waals surface area contributed by atoms with E-state index in [0.717, 1.165) is 24.8 Å². The number of rotatable bonds is 0. The molecule has 0 aromatic heterocycles. The molecule has 0 spiro atoms. The Labute approximate surface area is 66.6 Å². The summed E-state index contributed by atoms with van der Waals surface area (Å²) in [5.41, 5.74) is 2.90. The van der Waals surface area contributed by atoms with Crippen molar-refractivity contribution in [2.45, 2.75) is 19.3 Å². The van der Waals surface area contributed by atoms with Gasteiger partial charge in [0.2, 0.25) is 0 Å². The summed E-state index contributed by atoms with van der Waals surface area (Å²) in [4.78, 5) is 0. The molecule has 2 rings (SSSR count). The molecule has 1 aliphatic rings. The van der Waals surface area contributed by atoms with Gasteiger partial charge < -0.3 is 0 Å². The first-order valence-corrected chi connectivity index (χ1v) is 4.01. The highest BCUT2D eigenvalue weighted by Gasteiger charge is 2.12. The molecule has 0 unspecified atom stereocenters. The highest BCUT2D eigenvalue weighted by Crippen LogP contribution is 2.19. The van der Waals surface area contributed by atoms with Crippen molar-refractivity contribution in [1.29, 1.82) is 0 Å². The summed E-state index contributed by atoms with van der Waals surface area (Å²) in [6, 6.07) is 8.08. The van der Waals surface area contributed by atoms with E-state index in [2.05, 4.69) is 6.07 Å². The van der Waals surface area contributed by atoms with Crippen LogP contribution in [0.4, 0.5) is 0 Å². The molecule has 0 N–H and O–H groups in total. The van der Waals surface area contributed by atoms with Gasteiger partial charge in [-0.25, -0.2) is 0 Å². The second-order valence-corrected chi connectivity index (χ2v) is 2.96. The van der Waals surface area contributed by atoms with E-state index < -0.39 is 0 Å². The van der Waals surface area contributed by atoms with Crippen LogP contribution in [0.1, 0.15) is 24.0 Å². The van der Waals surface area contributed by atoms with Gasteiger partial charge in [0.25, 0.3) is 0 Å². The second-order valence-electron chi connectivity index (χ2n) is 2.96. The zero-order chi connectivity index (χ0) is 7.68. The molecule has 0 aliphatic heterocycles. The molecule has 1 nitrogen and oxygen atoms in total.